The molecule has 31 heavy (non-hydrogen) atoms. The number of hydrogen-bond acceptors (Lipinski definition) is 6. The number of carbonyl (C=O) groups excluding carboxylic acids is 2. The maximum atomic E-state index is 13.2. The molecule has 0 unspecified atom stereocenters. The average molecular weight is 416 g/mol. The van der Waals surface area contributed by atoms with E-state index < -0.39 is 23.3 Å². The number of nitrogens with two attached hydrogens (primary N) is 2. The summed E-state index contributed by atoms with van der Waals surface area (Å²) in [6, 6.07) is 10.7. The molecule has 6 N–H and O–H groups in total. The number of benzene rings is 3. The number of aromatic nitrogens is 1. The molecule has 4 rings (SSSR count). The standard InChI is InChI=1S/C22H16N4O5/c1-9-3-2-4-10(7-9)25-21(29)13-8-14(22(30)31)17-16-11(19(24)27)5-6-12(15(13)16)20(28)26-18(17)23/h2-8H,1H3,(H2,24,27)(H,25,29)(H,30,31)(H2,23,26,28). The third-order valence-corrected chi connectivity index (χ3v) is 5.01. The monoisotopic (exact) mass is 416 g/mol. The van der Waals surface area contributed by atoms with Crippen molar-refractivity contribution < 1.29 is 19.5 Å². The Morgan fingerprint density at radius 2 is 1.71 bits per heavy atom. The highest BCUT2D eigenvalue weighted by Crippen LogP contribution is 2.36. The van der Waals surface area contributed by atoms with Gasteiger partial charge in [-0.05, 0) is 42.8 Å². The van der Waals surface area contributed by atoms with Crippen LogP contribution in [0.5, 0.6) is 0 Å². The number of amides is 2. The number of hydrogen-bond donors (Lipinski definition) is 4. The minimum atomic E-state index is -1.41. The Hall–Kier alpha value is -4.53. The highest BCUT2D eigenvalue weighted by atomic mass is 16.4. The average Bonchev–Trinajstić information content (AvgIpc) is 2.74. The van der Waals surface area contributed by atoms with Crippen LogP contribution in [0.1, 0.15) is 36.6 Å². The Kier molecular flexibility index (Phi) is 4.50. The first kappa shape index (κ1) is 19.8. The van der Waals surface area contributed by atoms with E-state index in [1.165, 1.54) is 12.1 Å². The van der Waals surface area contributed by atoms with Gasteiger partial charge in [0.15, 0.2) is 0 Å². The van der Waals surface area contributed by atoms with Crippen molar-refractivity contribution in [3.63, 3.8) is 0 Å². The summed E-state index contributed by atoms with van der Waals surface area (Å²) in [5.41, 5.74) is 11.5. The van der Waals surface area contributed by atoms with Gasteiger partial charge in [-0.3, -0.25) is 14.4 Å². The summed E-state index contributed by atoms with van der Waals surface area (Å²) in [6.45, 7) is 1.85. The first-order valence-electron chi connectivity index (χ1n) is 9.12. The number of carboxylic acids is 1. The maximum absolute atomic E-state index is 13.2. The predicted molar refractivity (Wildman–Crippen MR) is 116 cm³/mol. The van der Waals surface area contributed by atoms with E-state index in [-0.39, 0.29) is 44.1 Å². The molecule has 1 aromatic heterocycles. The first-order valence-corrected chi connectivity index (χ1v) is 9.12. The van der Waals surface area contributed by atoms with E-state index in [4.69, 9.17) is 11.5 Å². The van der Waals surface area contributed by atoms with Crippen molar-refractivity contribution in [2.45, 2.75) is 6.92 Å². The number of nitrogens with one attached hydrogen (secondary N) is 1. The number of nitrogen functional groups attached to an aromatic ring is 1. The van der Waals surface area contributed by atoms with Gasteiger partial charge in [0.25, 0.3) is 11.5 Å². The van der Waals surface area contributed by atoms with E-state index in [1.807, 2.05) is 13.0 Å². The predicted octanol–water partition coefficient (Wildman–Crippen LogP) is 2.13. The zero-order valence-corrected chi connectivity index (χ0v) is 16.2. The fraction of sp³-hybridized carbons (Fsp3) is 0.0455. The minimum Gasteiger partial charge on any atom is -0.478 e. The molecular weight excluding hydrogens is 400 g/mol. The molecule has 0 fully saturated rings. The molecule has 4 aromatic rings. The molecule has 2 amide bonds. The fourth-order valence-corrected chi connectivity index (χ4v) is 3.71. The van der Waals surface area contributed by atoms with Crippen LogP contribution in [-0.2, 0) is 0 Å². The second-order valence-corrected chi connectivity index (χ2v) is 7.05. The van der Waals surface area contributed by atoms with Crippen molar-refractivity contribution in [1.82, 2.24) is 4.98 Å². The SMILES string of the molecule is Cc1cccc(NC(=O)c2cc(C(=O)O)c3c(N)nc(=O)c4ccc(C(N)=O)c3c24)c1. The van der Waals surface area contributed by atoms with Crippen LogP contribution in [0.15, 0.2) is 47.3 Å². The molecule has 0 radical (unpaired) electrons. The summed E-state index contributed by atoms with van der Waals surface area (Å²) < 4.78 is 0. The van der Waals surface area contributed by atoms with Gasteiger partial charge in [0.1, 0.15) is 5.82 Å². The fourth-order valence-electron chi connectivity index (χ4n) is 3.71. The lowest BCUT2D eigenvalue weighted by atomic mass is 9.91. The Morgan fingerprint density at radius 1 is 0.968 bits per heavy atom. The van der Waals surface area contributed by atoms with E-state index in [1.54, 1.807) is 18.2 Å². The van der Waals surface area contributed by atoms with E-state index in [0.29, 0.717) is 5.69 Å². The molecule has 1 heterocycles. The Balaban J connectivity index is 2.15. The van der Waals surface area contributed by atoms with Crippen LogP contribution in [0.25, 0.3) is 21.5 Å². The lowest BCUT2D eigenvalue weighted by Crippen LogP contribution is -2.17. The van der Waals surface area contributed by atoms with Gasteiger partial charge in [-0.25, -0.2) is 4.79 Å². The van der Waals surface area contributed by atoms with Gasteiger partial charge in [-0.2, -0.15) is 4.98 Å². The molecule has 9 nitrogen and oxygen atoms in total. The summed E-state index contributed by atoms with van der Waals surface area (Å²) in [7, 11) is 0. The third-order valence-electron chi connectivity index (χ3n) is 5.01. The molecular formula is C22H16N4O5. The van der Waals surface area contributed by atoms with Gasteiger partial charge in [-0.1, -0.05) is 12.1 Å². The van der Waals surface area contributed by atoms with Crippen LogP contribution in [0.3, 0.4) is 0 Å². The molecule has 0 spiro atoms. The molecule has 0 saturated carbocycles. The van der Waals surface area contributed by atoms with Gasteiger partial charge < -0.3 is 21.9 Å². The van der Waals surface area contributed by atoms with Crippen molar-refractivity contribution >= 4 is 50.8 Å². The number of aryl methyl sites for hydroxylation is 1. The number of carboxylic acid groups (broad SMARTS) is 1. The van der Waals surface area contributed by atoms with Crippen LogP contribution in [0.2, 0.25) is 0 Å². The molecule has 0 aliphatic rings. The number of aromatic carboxylic acids is 1. The third kappa shape index (κ3) is 3.18. The van der Waals surface area contributed by atoms with E-state index in [0.717, 1.165) is 11.6 Å². The molecule has 0 atom stereocenters. The van der Waals surface area contributed by atoms with Crippen molar-refractivity contribution in [3.8, 4) is 0 Å². The molecule has 3 aromatic carbocycles. The summed E-state index contributed by atoms with van der Waals surface area (Å²) in [5, 5.41) is 12.4. The van der Waals surface area contributed by atoms with Crippen LogP contribution in [0.4, 0.5) is 11.5 Å². The Labute approximate surface area is 174 Å². The van der Waals surface area contributed by atoms with Crippen LogP contribution in [-0.4, -0.2) is 27.9 Å². The van der Waals surface area contributed by atoms with Gasteiger partial charge >= 0.3 is 5.97 Å². The second-order valence-electron chi connectivity index (χ2n) is 7.05. The van der Waals surface area contributed by atoms with E-state index in [9.17, 15) is 24.3 Å². The number of anilines is 2. The van der Waals surface area contributed by atoms with Gasteiger partial charge in [0.2, 0.25) is 5.91 Å². The summed E-state index contributed by atoms with van der Waals surface area (Å²) in [6.07, 6.45) is 0. The van der Waals surface area contributed by atoms with Crippen molar-refractivity contribution in [2.75, 3.05) is 11.1 Å². The Bertz CT molecular complexity index is 1480. The van der Waals surface area contributed by atoms with E-state index in [2.05, 4.69) is 10.3 Å². The molecule has 9 heteroatoms. The van der Waals surface area contributed by atoms with Gasteiger partial charge in [0, 0.05) is 33.0 Å². The second kappa shape index (κ2) is 7.06. The van der Waals surface area contributed by atoms with Gasteiger partial charge in [-0.15, -0.1) is 0 Å². The quantitative estimate of drug-likeness (QED) is 0.395. The summed E-state index contributed by atoms with van der Waals surface area (Å²) in [4.78, 5) is 53.7. The molecule has 154 valence electrons. The number of primary amides is 1. The minimum absolute atomic E-state index is 0.00592. The molecule has 0 saturated heterocycles. The lowest BCUT2D eigenvalue weighted by Gasteiger charge is -2.14. The molecule has 0 aliphatic heterocycles. The topological polar surface area (TPSA) is 165 Å². The molecule has 0 aliphatic carbocycles. The highest BCUT2D eigenvalue weighted by Gasteiger charge is 2.26. The largest absolute Gasteiger partial charge is 0.478 e. The van der Waals surface area contributed by atoms with Crippen molar-refractivity contribution in [3.05, 3.63) is 75.1 Å². The smallest absolute Gasteiger partial charge is 0.336 e. The zero-order valence-electron chi connectivity index (χ0n) is 16.2. The highest BCUT2D eigenvalue weighted by molar-refractivity contribution is 6.29. The van der Waals surface area contributed by atoms with Crippen LogP contribution in [0, 0.1) is 6.92 Å². The zero-order chi connectivity index (χ0) is 22.4. The van der Waals surface area contributed by atoms with Crippen molar-refractivity contribution in [2.24, 2.45) is 5.73 Å². The Morgan fingerprint density at radius 3 is 2.35 bits per heavy atom. The number of nitrogens with zero attached hydrogens (tertiary/aromatic N) is 1. The van der Waals surface area contributed by atoms with Crippen LogP contribution >= 0.6 is 0 Å². The maximum Gasteiger partial charge on any atom is 0.336 e. The lowest BCUT2D eigenvalue weighted by molar-refractivity contribution is 0.0698. The normalized spacial score (nSPS) is 11.0. The molecule has 4 bridgehead atoms. The van der Waals surface area contributed by atoms with Gasteiger partial charge in [0.05, 0.1) is 10.9 Å². The number of carbonyl (C=O) groups is 3. The first-order chi connectivity index (χ1) is 14.7. The van der Waals surface area contributed by atoms with Crippen molar-refractivity contribution in [1.29, 1.82) is 0 Å². The number of rotatable bonds is 4. The summed E-state index contributed by atoms with van der Waals surface area (Å²) >= 11 is 0. The summed E-state index contributed by atoms with van der Waals surface area (Å²) in [5.74, 6) is -3.31. The van der Waals surface area contributed by atoms with E-state index >= 15 is 0 Å². The van der Waals surface area contributed by atoms with Crippen LogP contribution < -0.4 is 22.3 Å².